The van der Waals surface area contributed by atoms with Gasteiger partial charge in [-0.1, -0.05) is 19.9 Å². The first-order valence-electron chi connectivity index (χ1n) is 6.97. The van der Waals surface area contributed by atoms with Crippen molar-refractivity contribution in [2.75, 3.05) is 31.2 Å². The molecule has 98 valence electrons. The lowest BCUT2D eigenvalue weighted by Gasteiger charge is -2.47. The second kappa shape index (κ2) is 4.54. The van der Waals surface area contributed by atoms with Crippen LogP contribution in [0, 0.1) is 5.41 Å². The van der Waals surface area contributed by atoms with E-state index in [9.17, 15) is 0 Å². The zero-order chi connectivity index (χ0) is 12.6. The highest BCUT2D eigenvalue weighted by Crippen LogP contribution is 2.39. The van der Waals surface area contributed by atoms with Crippen LogP contribution in [-0.2, 0) is 4.74 Å². The van der Waals surface area contributed by atoms with Crippen molar-refractivity contribution < 1.29 is 4.74 Å². The predicted molar refractivity (Wildman–Crippen MR) is 73.0 cm³/mol. The zero-order valence-electron chi connectivity index (χ0n) is 11.4. The second-order valence-electron chi connectivity index (χ2n) is 6.08. The van der Waals surface area contributed by atoms with E-state index in [1.165, 1.54) is 18.4 Å². The van der Waals surface area contributed by atoms with E-state index in [0.717, 1.165) is 32.1 Å². The van der Waals surface area contributed by atoms with Crippen LogP contribution >= 0.6 is 0 Å². The van der Waals surface area contributed by atoms with Crippen molar-refractivity contribution in [2.24, 2.45) is 5.41 Å². The highest BCUT2D eigenvalue weighted by molar-refractivity contribution is 5.40. The van der Waals surface area contributed by atoms with E-state index in [4.69, 9.17) is 4.74 Å². The first kappa shape index (κ1) is 12.0. The van der Waals surface area contributed by atoms with Gasteiger partial charge in [-0.25, -0.2) is 4.98 Å². The Morgan fingerprint density at radius 3 is 2.39 bits per heavy atom. The van der Waals surface area contributed by atoms with Gasteiger partial charge in [0.1, 0.15) is 5.82 Å². The third-order valence-electron chi connectivity index (χ3n) is 4.40. The Morgan fingerprint density at radius 1 is 1.22 bits per heavy atom. The third-order valence-corrected chi connectivity index (χ3v) is 4.40. The highest BCUT2D eigenvalue weighted by Gasteiger charge is 2.41. The minimum atomic E-state index is 0.508. The summed E-state index contributed by atoms with van der Waals surface area (Å²) in [4.78, 5) is 7.02. The van der Waals surface area contributed by atoms with Crippen molar-refractivity contribution in [1.29, 1.82) is 0 Å². The first-order chi connectivity index (χ1) is 8.69. The molecule has 0 N–H and O–H groups in total. The summed E-state index contributed by atoms with van der Waals surface area (Å²) in [7, 11) is 0. The summed E-state index contributed by atoms with van der Waals surface area (Å²) in [5.74, 6) is 1.69. The Hall–Kier alpha value is -1.09. The fraction of sp³-hybridized carbons (Fsp3) is 0.667. The van der Waals surface area contributed by atoms with Crippen molar-refractivity contribution in [3.05, 3.63) is 23.9 Å². The van der Waals surface area contributed by atoms with E-state index >= 15 is 0 Å². The van der Waals surface area contributed by atoms with Gasteiger partial charge in [0.25, 0.3) is 0 Å². The molecule has 0 unspecified atom stereocenters. The quantitative estimate of drug-likeness (QED) is 0.802. The van der Waals surface area contributed by atoms with Gasteiger partial charge in [0.2, 0.25) is 0 Å². The van der Waals surface area contributed by atoms with E-state index < -0.39 is 0 Å². The zero-order valence-corrected chi connectivity index (χ0v) is 11.4. The number of anilines is 1. The van der Waals surface area contributed by atoms with Gasteiger partial charge < -0.3 is 9.64 Å². The Labute approximate surface area is 109 Å². The van der Waals surface area contributed by atoms with Crippen molar-refractivity contribution in [1.82, 2.24) is 4.98 Å². The Morgan fingerprint density at radius 2 is 1.94 bits per heavy atom. The minimum Gasteiger partial charge on any atom is -0.380 e. The van der Waals surface area contributed by atoms with Crippen LogP contribution in [0.5, 0.6) is 0 Å². The molecule has 0 aromatic carbocycles. The summed E-state index contributed by atoms with van der Waals surface area (Å²) in [5.41, 5.74) is 1.83. The van der Waals surface area contributed by atoms with Gasteiger partial charge in [-0.15, -0.1) is 0 Å². The Bertz CT molecular complexity index is 399. The largest absolute Gasteiger partial charge is 0.380 e. The first-order valence-corrected chi connectivity index (χ1v) is 6.97. The monoisotopic (exact) mass is 246 g/mol. The number of hydrogen-bond donors (Lipinski definition) is 0. The topological polar surface area (TPSA) is 25.4 Å². The number of piperidine rings is 1. The molecule has 0 atom stereocenters. The third kappa shape index (κ3) is 2.12. The molecule has 0 saturated carbocycles. The van der Waals surface area contributed by atoms with Crippen LogP contribution in [0.1, 0.15) is 38.2 Å². The lowest BCUT2D eigenvalue weighted by atomic mass is 9.77. The van der Waals surface area contributed by atoms with Crippen molar-refractivity contribution in [3.8, 4) is 0 Å². The van der Waals surface area contributed by atoms with Crippen molar-refractivity contribution in [2.45, 2.75) is 32.6 Å². The second-order valence-corrected chi connectivity index (χ2v) is 6.08. The van der Waals surface area contributed by atoms with E-state index in [1.807, 2.05) is 6.20 Å². The average Bonchev–Trinajstić information content (AvgIpc) is 2.37. The standard InChI is InChI=1S/C15H22N2O/c1-12(2)13-3-4-14(16-9-13)17-7-5-15(6-8-17)10-18-11-15/h3-4,9,12H,5-8,10-11H2,1-2H3. The lowest BCUT2D eigenvalue weighted by molar-refractivity contribution is -0.124. The fourth-order valence-electron chi connectivity index (χ4n) is 2.82. The van der Waals surface area contributed by atoms with Crippen molar-refractivity contribution in [3.63, 3.8) is 0 Å². The van der Waals surface area contributed by atoms with Crippen LogP contribution < -0.4 is 4.90 Å². The molecule has 0 amide bonds. The molecule has 18 heavy (non-hydrogen) atoms. The van der Waals surface area contributed by atoms with Crippen LogP contribution in [0.4, 0.5) is 5.82 Å². The highest BCUT2D eigenvalue weighted by atomic mass is 16.5. The van der Waals surface area contributed by atoms with Crippen molar-refractivity contribution >= 4 is 5.82 Å². The van der Waals surface area contributed by atoms with E-state index in [1.54, 1.807) is 0 Å². The molecule has 3 heterocycles. The maximum Gasteiger partial charge on any atom is 0.128 e. The summed E-state index contributed by atoms with van der Waals surface area (Å²) < 4.78 is 5.36. The maximum absolute atomic E-state index is 5.36. The summed E-state index contributed by atoms with van der Waals surface area (Å²) in [6, 6.07) is 4.38. The molecule has 3 rings (SSSR count). The van der Waals surface area contributed by atoms with Crippen LogP contribution in [0.15, 0.2) is 18.3 Å². The molecule has 1 spiro atoms. The molecule has 1 aromatic rings. The fourth-order valence-corrected chi connectivity index (χ4v) is 2.82. The van der Waals surface area contributed by atoms with Gasteiger partial charge in [0.05, 0.1) is 13.2 Å². The Balaban J connectivity index is 1.65. The molecular weight excluding hydrogens is 224 g/mol. The molecule has 2 saturated heterocycles. The lowest BCUT2D eigenvalue weighted by Crippen LogP contribution is -2.51. The molecule has 3 heteroatoms. The van der Waals surface area contributed by atoms with Gasteiger partial charge in [0, 0.05) is 24.7 Å². The number of pyridine rings is 1. The number of hydrogen-bond acceptors (Lipinski definition) is 3. The summed E-state index contributed by atoms with van der Waals surface area (Å²) in [6.07, 6.45) is 4.53. The summed E-state index contributed by atoms with van der Waals surface area (Å²) >= 11 is 0. The van der Waals surface area contributed by atoms with Crippen LogP contribution in [0.2, 0.25) is 0 Å². The smallest absolute Gasteiger partial charge is 0.128 e. The number of aromatic nitrogens is 1. The van der Waals surface area contributed by atoms with Gasteiger partial charge >= 0.3 is 0 Å². The van der Waals surface area contributed by atoms with Gasteiger partial charge in [-0.2, -0.15) is 0 Å². The molecule has 0 radical (unpaired) electrons. The van der Waals surface area contributed by atoms with E-state index in [0.29, 0.717) is 11.3 Å². The van der Waals surface area contributed by atoms with Crippen LogP contribution in [0.3, 0.4) is 0 Å². The van der Waals surface area contributed by atoms with E-state index in [-0.39, 0.29) is 0 Å². The molecule has 2 fully saturated rings. The molecule has 3 nitrogen and oxygen atoms in total. The predicted octanol–water partition coefficient (Wildman–Crippen LogP) is 2.82. The molecule has 2 aliphatic heterocycles. The maximum atomic E-state index is 5.36. The normalized spacial score (nSPS) is 22.3. The molecule has 2 aliphatic rings. The SMILES string of the molecule is CC(C)c1ccc(N2CCC3(CC2)COC3)nc1. The molecule has 0 bridgehead atoms. The molecule has 1 aromatic heterocycles. The van der Waals surface area contributed by atoms with Gasteiger partial charge in [0.15, 0.2) is 0 Å². The van der Waals surface area contributed by atoms with Gasteiger partial charge in [-0.3, -0.25) is 0 Å². The number of rotatable bonds is 2. The average molecular weight is 246 g/mol. The van der Waals surface area contributed by atoms with E-state index in [2.05, 4.69) is 35.9 Å². The number of ether oxygens (including phenoxy) is 1. The van der Waals surface area contributed by atoms with Crippen LogP contribution in [-0.4, -0.2) is 31.3 Å². The number of nitrogens with zero attached hydrogens (tertiary/aromatic N) is 2. The molecular formula is C15H22N2O. The molecule has 0 aliphatic carbocycles. The minimum absolute atomic E-state index is 0.508. The summed E-state index contributed by atoms with van der Waals surface area (Å²) in [6.45, 7) is 8.60. The Kier molecular flexibility index (Phi) is 3.02. The summed E-state index contributed by atoms with van der Waals surface area (Å²) in [5, 5.41) is 0. The van der Waals surface area contributed by atoms with Gasteiger partial charge in [-0.05, 0) is 30.4 Å². The van der Waals surface area contributed by atoms with Crippen LogP contribution in [0.25, 0.3) is 0 Å².